The van der Waals surface area contributed by atoms with Crippen LogP contribution in [0.4, 0.5) is 0 Å². The maximum atomic E-state index is 3.15. The van der Waals surface area contributed by atoms with E-state index in [1.54, 1.807) is 0 Å². The number of H-pyrrole nitrogens is 1. The van der Waals surface area contributed by atoms with Crippen LogP contribution >= 0.6 is 0 Å². The van der Waals surface area contributed by atoms with Crippen molar-refractivity contribution in [3.8, 4) is 0 Å². The van der Waals surface area contributed by atoms with Crippen molar-refractivity contribution in [1.29, 1.82) is 0 Å². The quantitative estimate of drug-likeness (QED) is 0.548. The zero-order valence-electron chi connectivity index (χ0n) is 6.12. The standard InChI is InChI=1S/C9H7N.H2N/c1-2-6-9-8(4-1)5-3-7-10-9;/h1-7H;1H2/q;-1/p+1. The number of hydrogen-bond donors (Lipinski definition) is 0. The van der Waals surface area contributed by atoms with Crippen LogP contribution in [-0.2, 0) is 0 Å². The highest BCUT2D eigenvalue weighted by molar-refractivity contribution is 5.74. The average Bonchev–Trinajstić information content (AvgIpc) is 2.05. The van der Waals surface area contributed by atoms with E-state index in [1.807, 2.05) is 24.4 Å². The van der Waals surface area contributed by atoms with E-state index in [9.17, 15) is 0 Å². The van der Waals surface area contributed by atoms with Gasteiger partial charge >= 0.3 is 0 Å². The Bertz CT molecular complexity index is 279. The fourth-order valence-electron chi connectivity index (χ4n) is 1.06. The Hall–Kier alpha value is -1.41. The summed E-state index contributed by atoms with van der Waals surface area (Å²) >= 11 is 0. The molecule has 2 rings (SSSR count). The van der Waals surface area contributed by atoms with Crippen molar-refractivity contribution in [1.82, 2.24) is 0 Å². The zero-order chi connectivity index (χ0) is 6.81. The van der Waals surface area contributed by atoms with E-state index in [2.05, 4.69) is 23.2 Å². The third-order valence-electron chi connectivity index (χ3n) is 1.57. The van der Waals surface area contributed by atoms with E-state index >= 15 is 0 Å². The summed E-state index contributed by atoms with van der Waals surface area (Å²) < 4.78 is 0. The van der Waals surface area contributed by atoms with Crippen molar-refractivity contribution in [2.45, 2.75) is 0 Å². The van der Waals surface area contributed by atoms with Crippen molar-refractivity contribution >= 4 is 10.9 Å². The molecule has 0 radical (unpaired) electrons. The number of nitrogens with two attached hydrogens (primary N) is 1. The molecule has 0 atom stereocenters. The van der Waals surface area contributed by atoms with Gasteiger partial charge in [0.25, 0.3) is 0 Å². The van der Waals surface area contributed by atoms with E-state index in [-0.39, 0.29) is 6.15 Å². The minimum Gasteiger partial charge on any atom is -0.693 e. The van der Waals surface area contributed by atoms with Gasteiger partial charge < -0.3 is 6.15 Å². The molecule has 1 aromatic carbocycles. The van der Waals surface area contributed by atoms with Gasteiger partial charge in [-0.15, -0.1) is 0 Å². The summed E-state index contributed by atoms with van der Waals surface area (Å²) in [6.07, 6.45) is 1.93. The zero-order valence-corrected chi connectivity index (χ0v) is 6.12. The maximum absolute atomic E-state index is 3.15. The molecular weight excluding hydrogens is 136 g/mol. The third-order valence-corrected chi connectivity index (χ3v) is 1.57. The Morgan fingerprint density at radius 2 is 1.64 bits per heavy atom. The normalized spacial score (nSPS) is 9.09. The van der Waals surface area contributed by atoms with Gasteiger partial charge in [0, 0.05) is 17.5 Å². The molecule has 0 aliphatic carbocycles. The van der Waals surface area contributed by atoms with E-state index in [4.69, 9.17) is 0 Å². The fraction of sp³-hybridized carbons (Fsp3) is 0. The molecule has 1 aromatic heterocycles. The molecule has 0 aliphatic heterocycles. The molecule has 0 amide bonds. The molecule has 2 nitrogen and oxygen atoms in total. The monoisotopic (exact) mass is 146 g/mol. The lowest BCUT2D eigenvalue weighted by Crippen LogP contribution is -1.99. The van der Waals surface area contributed by atoms with Crippen LogP contribution in [0.3, 0.4) is 0 Å². The predicted octanol–water partition coefficient (Wildman–Crippen LogP) is 2.37. The summed E-state index contributed by atoms with van der Waals surface area (Å²) in [5, 5.41) is 1.25. The van der Waals surface area contributed by atoms with Gasteiger partial charge in [-0.25, -0.2) is 4.98 Å². The number of nitrogens with one attached hydrogen (secondary N) is 1. The second-order valence-electron chi connectivity index (χ2n) is 2.26. The van der Waals surface area contributed by atoms with Gasteiger partial charge in [0.1, 0.15) is 0 Å². The molecule has 0 aliphatic rings. The van der Waals surface area contributed by atoms with E-state index in [1.165, 1.54) is 10.9 Å². The molecule has 0 saturated heterocycles. The number of hydrogen-bond acceptors (Lipinski definition) is 0. The lowest BCUT2D eigenvalue weighted by Gasteiger charge is -1.85. The molecular formula is C9H10N2. The fourth-order valence-corrected chi connectivity index (χ4v) is 1.06. The van der Waals surface area contributed by atoms with Crippen LogP contribution in [0.1, 0.15) is 0 Å². The van der Waals surface area contributed by atoms with Crippen molar-refractivity contribution in [3.63, 3.8) is 0 Å². The number of aromatic amines is 1. The van der Waals surface area contributed by atoms with E-state index in [0.29, 0.717) is 0 Å². The molecule has 11 heavy (non-hydrogen) atoms. The van der Waals surface area contributed by atoms with Crippen molar-refractivity contribution in [2.75, 3.05) is 0 Å². The van der Waals surface area contributed by atoms with Gasteiger partial charge in [0.15, 0.2) is 6.20 Å². The smallest absolute Gasteiger partial charge is 0.210 e. The van der Waals surface area contributed by atoms with Gasteiger partial charge in [-0.3, -0.25) is 0 Å². The van der Waals surface area contributed by atoms with Gasteiger partial charge in [-0.2, -0.15) is 0 Å². The molecule has 1 heterocycles. The topological polar surface area (TPSA) is 47.6 Å². The first-order chi connectivity index (χ1) is 4.97. The predicted molar refractivity (Wildman–Crippen MR) is 45.8 cm³/mol. The molecule has 2 aromatic rings. The summed E-state index contributed by atoms with van der Waals surface area (Å²) in [6, 6.07) is 12.3. The number of benzene rings is 1. The molecule has 3 N–H and O–H groups in total. The number of rotatable bonds is 0. The van der Waals surface area contributed by atoms with Gasteiger partial charge in [0.2, 0.25) is 5.52 Å². The summed E-state index contributed by atoms with van der Waals surface area (Å²) in [6.45, 7) is 0. The first-order valence-electron chi connectivity index (χ1n) is 3.32. The van der Waals surface area contributed by atoms with Crippen LogP contribution in [-0.4, -0.2) is 0 Å². The number of para-hydroxylation sites is 1. The van der Waals surface area contributed by atoms with Crippen molar-refractivity contribution in [3.05, 3.63) is 48.7 Å². The molecule has 0 saturated carbocycles. The van der Waals surface area contributed by atoms with Crippen molar-refractivity contribution in [2.24, 2.45) is 0 Å². The molecule has 0 fully saturated rings. The lowest BCUT2D eigenvalue weighted by molar-refractivity contribution is -0.344. The average molecular weight is 146 g/mol. The lowest BCUT2D eigenvalue weighted by atomic mass is 10.2. The first kappa shape index (κ1) is 7.69. The largest absolute Gasteiger partial charge is 0.693 e. The third kappa shape index (κ3) is 1.36. The molecule has 0 spiro atoms. The van der Waals surface area contributed by atoms with Gasteiger partial charge in [-0.05, 0) is 12.1 Å². The Kier molecular flexibility index (Phi) is 2.18. The summed E-state index contributed by atoms with van der Waals surface area (Å²) in [5.74, 6) is 0. The summed E-state index contributed by atoms with van der Waals surface area (Å²) in [5.41, 5.74) is 1.19. The summed E-state index contributed by atoms with van der Waals surface area (Å²) in [4.78, 5) is 3.15. The van der Waals surface area contributed by atoms with Gasteiger partial charge in [-0.1, -0.05) is 12.1 Å². The molecule has 2 heteroatoms. The van der Waals surface area contributed by atoms with Crippen LogP contribution < -0.4 is 4.98 Å². The molecule has 56 valence electrons. The Labute approximate surface area is 65.5 Å². The highest BCUT2D eigenvalue weighted by Crippen LogP contribution is 2.04. The molecule has 0 unspecified atom stereocenters. The minimum atomic E-state index is 0. The second kappa shape index (κ2) is 3.12. The van der Waals surface area contributed by atoms with Gasteiger partial charge in [0.05, 0.1) is 0 Å². The highest BCUT2D eigenvalue weighted by Gasteiger charge is 1.92. The Balaban J connectivity index is 0.000000605. The van der Waals surface area contributed by atoms with Crippen LogP contribution in [0.25, 0.3) is 17.1 Å². The minimum absolute atomic E-state index is 0. The SMILES string of the molecule is [NH2-].c1ccc2[nH+]cccc2c1. The highest BCUT2D eigenvalue weighted by atomic mass is 14.6. The Morgan fingerprint density at radius 1 is 0.909 bits per heavy atom. The van der Waals surface area contributed by atoms with Crippen molar-refractivity contribution < 1.29 is 4.98 Å². The number of aromatic nitrogens is 1. The van der Waals surface area contributed by atoms with E-state index in [0.717, 1.165) is 0 Å². The number of pyridine rings is 1. The van der Waals surface area contributed by atoms with E-state index < -0.39 is 0 Å². The maximum Gasteiger partial charge on any atom is 0.210 e. The van der Waals surface area contributed by atoms with Crippen LogP contribution in [0.15, 0.2) is 42.6 Å². The Morgan fingerprint density at radius 3 is 2.45 bits per heavy atom. The first-order valence-corrected chi connectivity index (χ1v) is 3.32. The second-order valence-corrected chi connectivity index (χ2v) is 2.26. The molecule has 0 bridgehead atoms. The summed E-state index contributed by atoms with van der Waals surface area (Å²) in [7, 11) is 0. The van der Waals surface area contributed by atoms with Crippen LogP contribution in [0, 0.1) is 0 Å². The van der Waals surface area contributed by atoms with Crippen LogP contribution in [0.5, 0.6) is 0 Å². The van der Waals surface area contributed by atoms with Crippen LogP contribution in [0.2, 0.25) is 0 Å². The number of fused-ring (bicyclic) bond motifs is 1.